The first-order valence-corrected chi connectivity index (χ1v) is 6.36. The first-order chi connectivity index (χ1) is 8.34. The molecule has 0 aliphatic rings. The molecular formula is C13H24N4O. The van der Waals surface area contributed by atoms with Crippen molar-refractivity contribution in [3.05, 3.63) is 18.7 Å². The van der Waals surface area contributed by atoms with Crippen molar-refractivity contribution in [3.8, 4) is 0 Å². The van der Waals surface area contributed by atoms with Gasteiger partial charge >= 0.3 is 0 Å². The minimum Gasteiger partial charge on any atom is -0.350 e. The lowest BCUT2D eigenvalue weighted by Gasteiger charge is -2.32. The molecule has 1 aromatic heterocycles. The minimum absolute atomic E-state index is 0.0248. The summed E-state index contributed by atoms with van der Waals surface area (Å²) in [7, 11) is 0. The fourth-order valence-corrected chi connectivity index (χ4v) is 1.61. The highest BCUT2D eigenvalue weighted by Gasteiger charge is 2.27. The normalized spacial score (nSPS) is 15.2. The van der Waals surface area contributed by atoms with Gasteiger partial charge in [0.25, 0.3) is 0 Å². The second-order valence-electron chi connectivity index (χ2n) is 5.70. The third-order valence-electron chi connectivity index (χ3n) is 3.09. The van der Waals surface area contributed by atoms with Gasteiger partial charge in [-0.15, -0.1) is 0 Å². The first-order valence-electron chi connectivity index (χ1n) is 6.36. The van der Waals surface area contributed by atoms with Crippen LogP contribution in [0.5, 0.6) is 0 Å². The van der Waals surface area contributed by atoms with Crippen LogP contribution in [-0.2, 0) is 11.3 Å². The van der Waals surface area contributed by atoms with Crippen molar-refractivity contribution in [2.24, 2.45) is 11.1 Å². The number of rotatable bonds is 5. The number of hydrogen-bond acceptors (Lipinski definition) is 3. The molecular weight excluding hydrogens is 228 g/mol. The molecule has 18 heavy (non-hydrogen) atoms. The number of nitrogens with two attached hydrogens (primary N) is 1. The van der Waals surface area contributed by atoms with E-state index in [0.717, 1.165) is 0 Å². The molecule has 0 aliphatic carbocycles. The van der Waals surface area contributed by atoms with Gasteiger partial charge in [0.05, 0.1) is 18.4 Å². The number of nitrogens with one attached hydrogen (secondary N) is 1. The van der Waals surface area contributed by atoms with Gasteiger partial charge in [-0.1, -0.05) is 27.7 Å². The highest BCUT2D eigenvalue weighted by Crippen LogP contribution is 2.20. The van der Waals surface area contributed by atoms with Crippen molar-refractivity contribution in [2.75, 3.05) is 0 Å². The molecule has 1 rings (SSSR count). The zero-order valence-electron chi connectivity index (χ0n) is 11.7. The van der Waals surface area contributed by atoms with E-state index < -0.39 is 6.04 Å². The van der Waals surface area contributed by atoms with Crippen molar-refractivity contribution < 1.29 is 4.79 Å². The number of amides is 1. The minimum atomic E-state index is -0.433. The van der Waals surface area contributed by atoms with E-state index in [1.54, 1.807) is 12.5 Å². The van der Waals surface area contributed by atoms with E-state index in [1.807, 2.05) is 17.7 Å². The van der Waals surface area contributed by atoms with E-state index in [4.69, 9.17) is 5.73 Å². The largest absolute Gasteiger partial charge is 0.350 e. The van der Waals surface area contributed by atoms with Crippen LogP contribution >= 0.6 is 0 Å². The molecule has 0 aromatic carbocycles. The van der Waals surface area contributed by atoms with Gasteiger partial charge in [-0.3, -0.25) is 4.79 Å². The quantitative estimate of drug-likeness (QED) is 0.825. The monoisotopic (exact) mass is 252 g/mol. The molecule has 2 unspecified atom stereocenters. The summed E-state index contributed by atoms with van der Waals surface area (Å²) < 4.78 is 1.97. The molecule has 0 saturated carbocycles. The maximum atomic E-state index is 11.9. The number of hydrogen-bond donors (Lipinski definition) is 2. The summed E-state index contributed by atoms with van der Waals surface area (Å²) in [5.41, 5.74) is 5.72. The number of carbonyl (C=O) groups is 1. The lowest BCUT2D eigenvalue weighted by Crippen LogP contribution is -2.51. The Balaban J connectivity index is 2.71. The summed E-state index contributed by atoms with van der Waals surface area (Å²) in [6.07, 6.45) is 6.03. The van der Waals surface area contributed by atoms with E-state index in [-0.39, 0.29) is 17.4 Å². The van der Waals surface area contributed by atoms with E-state index >= 15 is 0 Å². The first kappa shape index (κ1) is 14.7. The third-order valence-corrected chi connectivity index (χ3v) is 3.09. The third kappa shape index (κ3) is 4.14. The van der Waals surface area contributed by atoms with Gasteiger partial charge < -0.3 is 15.6 Å². The van der Waals surface area contributed by atoms with Crippen LogP contribution in [-0.4, -0.2) is 27.5 Å². The summed E-state index contributed by atoms with van der Waals surface area (Å²) in [5, 5.41) is 3.03. The Hall–Kier alpha value is -1.36. The van der Waals surface area contributed by atoms with E-state index in [2.05, 4.69) is 31.1 Å². The Morgan fingerprint density at radius 3 is 2.61 bits per heavy atom. The molecule has 0 saturated heterocycles. The zero-order valence-corrected chi connectivity index (χ0v) is 11.7. The summed E-state index contributed by atoms with van der Waals surface area (Å²) in [6, 6.07) is -0.408. The molecule has 5 heteroatoms. The summed E-state index contributed by atoms with van der Waals surface area (Å²) >= 11 is 0. The Labute approximate surface area is 109 Å². The van der Waals surface area contributed by atoms with E-state index in [0.29, 0.717) is 13.0 Å². The summed E-state index contributed by atoms with van der Waals surface area (Å²) in [6.45, 7) is 8.92. The van der Waals surface area contributed by atoms with Gasteiger partial charge in [0.1, 0.15) is 0 Å². The number of imidazole rings is 1. The van der Waals surface area contributed by atoms with Crippen LogP contribution in [0.25, 0.3) is 0 Å². The Kier molecular flexibility index (Phi) is 4.90. The van der Waals surface area contributed by atoms with E-state index in [9.17, 15) is 4.79 Å². The topological polar surface area (TPSA) is 72.9 Å². The molecule has 2 atom stereocenters. The summed E-state index contributed by atoms with van der Waals surface area (Å²) in [4.78, 5) is 15.9. The average Bonchev–Trinajstić information content (AvgIpc) is 2.78. The van der Waals surface area contributed by atoms with Gasteiger partial charge in [-0.2, -0.15) is 0 Å². The Morgan fingerprint density at radius 2 is 2.17 bits per heavy atom. The molecule has 1 amide bonds. The SMILES string of the molecule is CCC(N)C(=O)NC(Cn1ccnc1)C(C)(C)C. The molecule has 5 nitrogen and oxygen atoms in total. The van der Waals surface area contributed by atoms with Crippen LogP contribution in [0.1, 0.15) is 34.1 Å². The lowest BCUT2D eigenvalue weighted by molar-refractivity contribution is -0.124. The van der Waals surface area contributed by atoms with Crippen LogP contribution in [0.2, 0.25) is 0 Å². The van der Waals surface area contributed by atoms with Crippen LogP contribution in [0.3, 0.4) is 0 Å². The number of nitrogens with zero attached hydrogens (tertiary/aromatic N) is 2. The number of carbonyl (C=O) groups excluding carboxylic acids is 1. The Morgan fingerprint density at radius 1 is 1.50 bits per heavy atom. The smallest absolute Gasteiger partial charge is 0.237 e. The molecule has 0 fully saturated rings. The van der Waals surface area contributed by atoms with Crippen molar-refractivity contribution in [1.29, 1.82) is 0 Å². The van der Waals surface area contributed by atoms with Crippen molar-refractivity contribution >= 4 is 5.91 Å². The highest BCUT2D eigenvalue weighted by atomic mass is 16.2. The van der Waals surface area contributed by atoms with Crippen molar-refractivity contribution in [1.82, 2.24) is 14.9 Å². The van der Waals surface area contributed by atoms with Gasteiger partial charge in [0, 0.05) is 18.9 Å². The van der Waals surface area contributed by atoms with Crippen LogP contribution < -0.4 is 11.1 Å². The standard InChI is InChI=1S/C13H24N4O/c1-5-10(14)12(18)16-11(13(2,3)4)8-17-7-6-15-9-17/h6-7,9-11H,5,8,14H2,1-4H3,(H,16,18). The predicted molar refractivity (Wildman–Crippen MR) is 71.9 cm³/mol. The number of aromatic nitrogens is 2. The van der Waals surface area contributed by atoms with Crippen LogP contribution in [0.4, 0.5) is 0 Å². The van der Waals surface area contributed by atoms with Gasteiger partial charge in [-0.05, 0) is 11.8 Å². The Bertz CT molecular complexity index is 367. The molecule has 3 N–H and O–H groups in total. The molecule has 0 spiro atoms. The van der Waals surface area contributed by atoms with Crippen molar-refractivity contribution in [3.63, 3.8) is 0 Å². The molecule has 1 aromatic rings. The van der Waals surface area contributed by atoms with Crippen LogP contribution in [0, 0.1) is 5.41 Å². The van der Waals surface area contributed by atoms with Gasteiger partial charge in [0.15, 0.2) is 0 Å². The predicted octanol–water partition coefficient (Wildman–Crippen LogP) is 1.15. The van der Waals surface area contributed by atoms with Crippen LogP contribution in [0.15, 0.2) is 18.7 Å². The molecule has 0 radical (unpaired) electrons. The molecule has 102 valence electrons. The molecule has 0 bridgehead atoms. The van der Waals surface area contributed by atoms with E-state index in [1.165, 1.54) is 0 Å². The highest BCUT2D eigenvalue weighted by molar-refractivity contribution is 5.81. The summed E-state index contributed by atoms with van der Waals surface area (Å²) in [5.74, 6) is -0.0856. The van der Waals surface area contributed by atoms with Gasteiger partial charge in [-0.25, -0.2) is 4.98 Å². The fraction of sp³-hybridized carbons (Fsp3) is 0.692. The lowest BCUT2D eigenvalue weighted by atomic mass is 9.86. The van der Waals surface area contributed by atoms with Crippen molar-refractivity contribution in [2.45, 2.75) is 52.7 Å². The molecule has 1 heterocycles. The van der Waals surface area contributed by atoms with Gasteiger partial charge in [0.2, 0.25) is 5.91 Å². The average molecular weight is 252 g/mol. The fourth-order valence-electron chi connectivity index (χ4n) is 1.61. The zero-order chi connectivity index (χ0) is 13.8. The second-order valence-corrected chi connectivity index (χ2v) is 5.70. The second kappa shape index (κ2) is 6.00. The molecule has 0 aliphatic heterocycles. The maximum Gasteiger partial charge on any atom is 0.237 e. The maximum absolute atomic E-state index is 11.9.